The molecule has 0 aromatic carbocycles. The number of rotatable bonds is 2. The van der Waals surface area contributed by atoms with Crippen molar-refractivity contribution in [3.8, 4) is 0 Å². The number of hydrogen-bond acceptors (Lipinski definition) is 4. The summed E-state index contributed by atoms with van der Waals surface area (Å²) in [7, 11) is -6.47. The first-order valence-corrected chi connectivity index (χ1v) is 8.51. The van der Waals surface area contributed by atoms with Gasteiger partial charge in [0.25, 0.3) is 0 Å². The zero-order valence-electron chi connectivity index (χ0n) is 8.43. The van der Waals surface area contributed by atoms with E-state index in [0.29, 0.717) is 12.8 Å². The minimum absolute atomic E-state index is 0.483. The molecular formula is C8H16O4S2. The zero-order chi connectivity index (χ0) is 11.0. The molecule has 84 valence electrons. The van der Waals surface area contributed by atoms with Crippen LogP contribution < -0.4 is 0 Å². The Hall–Kier alpha value is -0.100. The highest BCUT2D eigenvalue weighted by molar-refractivity contribution is 7.95. The van der Waals surface area contributed by atoms with Crippen LogP contribution in [0.4, 0.5) is 0 Å². The van der Waals surface area contributed by atoms with Crippen LogP contribution >= 0.6 is 0 Å². The summed E-state index contributed by atoms with van der Waals surface area (Å²) in [5.41, 5.74) is 0. The molecule has 2 atom stereocenters. The standard InChI is InChI=1S/C8H16O4S2/c1-13(9,10)7-5-3-4-6-8(7)14(2,11)12/h7-8H,3-6H2,1-2H3/t7-,8+. The summed E-state index contributed by atoms with van der Waals surface area (Å²) in [6, 6.07) is 0. The Morgan fingerprint density at radius 1 is 0.786 bits per heavy atom. The van der Waals surface area contributed by atoms with E-state index in [1.165, 1.54) is 0 Å². The maximum Gasteiger partial charge on any atom is 0.151 e. The maximum atomic E-state index is 11.4. The summed E-state index contributed by atoms with van der Waals surface area (Å²) in [6.07, 6.45) is 4.84. The van der Waals surface area contributed by atoms with Gasteiger partial charge in [0.15, 0.2) is 19.7 Å². The van der Waals surface area contributed by atoms with Crippen LogP contribution in [0.1, 0.15) is 25.7 Å². The first-order valence-electron chi connectivity index (χ1n) is 4.60. The smallest absolute Gasteiger partial charge is 0.151 e. The van der Waals surface area contributed by atoms with Gasteiger partial charge in [-0.15, -0.1) is 0 Å². The third-order valence-electron chi connectivity index (χ3n) is 2.74. The monoisotopic (exact) mass is 240 g/mol. The fourth-order valence-electron chi connectivity index (χ4n) is 2.04. The van der Waals surface area contributed by atoms with E-state index in [-0.39, 0.29) is 0 Å². The fraction of sp³-hybridized carbons (Fsp3) is 1.00. The highest BCUT2D eigenvalue weighted by Gasteiger charge is 2.38. The Morgan fingerprint density at radius 3 is 1.29 bits per heavy atom. The average molecular weight is 240 g/mol. The van der Waals surface area contributed by atoms with E-state index in [0.717, 1.165) is 25.4 Å². The van der Waals surface area contributed by atoms with Crippen LogP contribution in [0.3, 0.4) is 0 Å². The molecule has 1 fully saturated rings. The predicted molar refractivity (Wildman–Crippen MR) is 55.7 cm³/mol. The molecule has 1 aliphatic rings. The van der Waals surface area contributed by atoms with Gasteiger partial charge in [0.05, 0.1) is 10.5 Å². The summed E-state index contributed by atoms with van der Waals surface area (Å²) >= 11 is 0. The number of hydrogen-bond donors (Lipinski definition) is 0. The molecule has 6 heteroatoms. The lowest BCUT2D eigenvalue weighted by Crippen LogP contribution is -2.41. The second-order valence-electron chi connectivity index (χ2n) is 4.02. The van der Waals surface area contributed by atoms with Crippen molar-refractivity contribution in [1.82, 2.24) is 0 Å². The van der Waals surface area contributed by atoms with Crippen LogP contribution in [0.25, 0.3) is 0 Å². The largest absolute Gasteiger partial charge is 0.229 e. The molecule has 0 radical (unpaired) electrons. The lowest BCUT2D eigenvalue weighted by Gasteiger charge is -2.28. The van der Waals surface area contributed by atoms with Crippen molar-refractivity contribution < 1.29 is 16.8 Å². The van der Waals surface area contributed by atoms with Crippen LogP contribution in [0.2, 0.25) is 0 Å². The van der Waals surface area contributed by atoms with Crippen molar-refractivity contribution in [3.63, 3.8) is 0 Å². The molecule has 0 aromatic rings. The Kier molecular flexibility index (Phi) is 3.26. The minimum atomic E-state index is -3.24. The van der Waals surface area contributed by atoms with E-state index >= 15 is 0 Å². The average Bonchev–Trinajstić information content (AvgIpc) is 2.01. The molecule has 1 aliphatic carbocycles. The van der Waals surface area contributed by atoms with Gasteiger partial charge in [0, 0.05) is 12.5 Å². The molecule has 0 heterocycles. The molecule has 1 saturated carbocycles. The first kappa shape index (κ1) is 12.0. The van der Waals surface area contributed by atoms with Crippen LogP contribution in [0.5, 0.6) is 0 Å². The second-order valence-corrected chi connectivity index (χ2v) is 8.55. The molecule has 0 saturated heterocycles. The van der Waals surface area contributed by atoms with E-state index in [1.807, 2.05) is 0 Å². The van der Waals surface area contributed by atoms with Gasteiger partial charge >= 0.3 is 0 Å². The van der Waals surface area contributed by atoms with Gasteiger partial charge in [-0.05, 0) is 12.8 Å². The van der Waals surface area contributed by atoms with Crippen LogP contribution in [0.15, 0.2) is 0 Å². The van der Waals surface area contributed by atoms with Crippen LogP contribution in [-0.2, 0) is 19.7 Å². The van der Waals surface area contributed by atoms with E-state index in [9.17, 15) is 16.8 Å². The molecule has 0 spiro atoms. The Labute approximate surface area is 85.5 Å². The van der Waals surface area contributed by atoms with E-state index in [1.54, 1.807) is 0 Å². The third kappa shape index (κ3) is 2.70. The van der Waals surface area contributed by atoms with Crippen molar-refractivity contribution in [3.05, 3.63) is 0 Å². The lowest BCUT2D eigenvalue weighted by molar-refractivity contribution is 0.473. The molecular weight excluding hydrogens is 224 g/mol. The van der Waals surface area contributed by atoms with Gasteiger partial charge < -0.3 is 0 Å². The van der Waals surface area contributed by atoms with Crippen LogP contribution in [0, 0.1) is 0 Å². The lowest BCUT2D eigenvalue weighted by atomic mass is 10.00. The van der Waals surface area contributed by atoms with Crippen molar-refractivity contribution in [2.45, 2.75) is 36.2 Å². The zero-order valence-corrected chi connectivity index (χ0v) is 10.1. The van der Waals surface area contributed by atoms with Crippen molar-refractivity contribution >= 4 is 19.7 Å². The van der Waals surface area contributed by atoms with Gasteiger partial charge in [0.2, 0.25) is 0 Å². The normalized spacial score (nSPS) is 30.1. The Balaban J connectivity index is 3.03. The van der Waals surface area contributed by atoms with Crippen molar-refractivity contribution in [2.24, 2.45) is 0 Å². The Bertz CT molecular complexity index is 353. The van der Waals surface area contributed by atoms with Gasteiger partial charge in [-0.25, -0.2) is 16.8 Å². The highest BCUT2D eigenvalue weighted by Crippen LogP contribution is 2.28. The first-order chi connectivity index (χ1) is 6.23. The molecule has 0 amide bonds. The van der Waals surface area contributed by atoms with Crippen LogP contribution in [-0.4, -0.2) is 39.8 Å². The van der Waals surface area contributed by atoms with E-state index in [4.69, 9.17) is 0 Å². The van der Waals surface area contributed by atoms with E-state index < -0.39 is 30.2 Å². The topological polar surface area (TPSA) is 68.3 Å². The summed E-state index contributed by atoms with van der Waals surface area (Å²) < 4.78 is 45.5. The van der Waals surface area contributed by atoms with Gasteiger partial charge in [-0.3, -0.25) is 0 Å². The van der Waals surface area contributed by atoms with Gasteiger partial charge in [0.1, 0.15) is 0 Å². The van der Waals surface area contributed by atoms with Gasteiger partial charge in [-0.2, -0.15) is 0 Å². The third-order valence-corrected chi connectivity index (χ3v) is 6.24. The summed E-state index contributed by atoms with van der Waals surface area (Å²) in [6.45, 7) is 0. The number of sulfone groups is 2. The van der Waals surface area contributed by atoms with E-state index in [2.05, 4.69) is 0 Å². The molecule has 14 heavy (non-hydrogen) atoms. The summed E-state index contributed by atoms with van der Waals surface area (Å²) in [5.74, 6) is 0. The molecule has 0 bridgehead atoms. The molecule has 0 aliphatic heterocycles. The van der Waals surface area contributed by atoms with Crippen molar-refractivity contribution in [1.29, 1.82) is 0 Å². The minimum Gasteiger partial charge on any atom is -0.229 e. The highest BCUT2D eigenvalue weighted by atomic mass is 32.2. The maximum absolute atomic E-state index is 11.4. The SMILES string of the molecule is CS(=O)(=O)[C@@H]1CCCC[C@@H]1S(C)(=O)=O. The molecule has 1 rings (SSSR count). The second kappa shape index (κ2) is 3.81. The summed E-state index contributed by atoms with van der Waals surface area (Å²) in [5, 5.41) is -1.38. The molecule has 0 unspecified atom stereocenters. The fourth-order valence-corrected chi connectivity index (χ4v) is 5.82. The Morgan fingerprint density at radius 2 is 1.07 bits per heavy atom. The van der Waals surface area contributed by atoms with Gasteiger partial charge in [-0.1, -0.05) is 12.8 Å². The molecule has 4 nitrogen and oxygen atoms in total. The predicted octanol–water partition coefficient (Wildman–Crippen LogP) is 0.387. The quantitative estimate of drug-likeness (QED) is 0.700. The summed E-state index contributed by atoms with van der Waals surface area (Å²) in [4.78, 5) is 0. The van der Waals surface area contributed by atoms with Crippen molar-refractivity contribution in [2.75, 3.05) is 12.5 Å². The molecule has 0 N–H and O–H groups in total. The molecule has 0 aromatic heterocycles.